The Labute approximate surface area is 168 Å². The van der Waals surface area contributed by atoms with Crippen molar-refractivity contribution in [2.75, 3.05) is 5.73 Å². The molecular weight excluding hydrogens is 376 g/mol. The highest BCUT2D eigenvalue weighted by Crippen LogP contribution is 2.67. The molecule has 0 amide bonds. The molecule has 5 atom stereocenters. The Morgan fingerprint density at radius 1 is 1.24 bits per heavy atom. The van der Waals surface area contributed by atoms with Gasteiger partial charge in [-0.3, -0.25) is 4.79 Å². The standard InChI is InChI=1S/C20H26N4O5/c1-17(2,3)16(25)26-12-13-20(12)15(28-18(4,5)29-20)19(6,27-13)11-8-7-10-14(21)22-9-23-24(10)11/h7-9,12-13,15H,1-6H3,(H2,21,22,23)/t12?,13-,15+,19+,20-/m1/s1. The number of carbonyl (C=O) groups excluding carboxylic acids is 1. The third-order valence-corrected chi connectivity index (χ3v) is 6.00. The molecule has 1 aliphatic carbocycles. The summed E-state index contributed by atoms with van der Waals surface area (Å²) in [5.41, 5.74) is 5.13. The van der Waals surface area contributed by atoms with Crippen LogP contribution < -0.4 is 5.73 Å². The summed E-state index contributed by atoms with van der Waals surface area (Å²) < 4.78 is 26.5. The van der Waals surface area contributed by atoms with Crippen LogP contribution in [0.25, 0.3) is 5.52 Å². The van der Waals surface area contributed by atoms with E-state index >= 15 is 0 Å². The van der Waals surface area contributed by atoms with Gasteiger partial charge in [-0.25, -0.2) is 9.50 Å². The summed E-state index contributed by atoms with van der Waals surface area (Å²) in [5, 5.41) is 4.34. The summed E-state index contributed by atoms with van der Waals surface area (Å²) >= 11 is 0. The number of anilines is 1. The molecular formula is C20H26N4O5. The van der Waals surface area contributed by atoms with Crippen molar-refractivity contribution < 1.29 is 23.7 Å². The number of hydrogen-bond acceptors (Lipinski definition) is 8. The molecule has 0 radical (unpaired) electrons. The van der Waals surface area contributed by atoms with Gasteiger partial charge in [0.05, 0.1) is 11.1 Å². The summed E-state index contributed by atoms with van der Waals surface area (Å²) in [5.74, 6) is -0.747. The van der Waals surface area contributed by atoms with Gasteiger partial charge in [0.2, 0.25) is 0 Å². The minimum Gasteiger partial charge on any atom is -0.456 e. The summed E-state index contributed by atoms with van der Waals surface area (Å²) in [7, 11) is 0. The summed E-state index contributed by atoms with van der Waals surface area (Å²) in [6.45, 7) is 11.1. The zero-order valence-corrected chi connectivity index (χ0v) is 17.4. The van der Waals surface area contributed by atoms with Crippen LogP contribution in [-0.4, -0.2) is 50.3 Å². The highest BCUT2D eigenvalue weighted by atomic mass is 16.8. The fraction of sp³-hybridized carbons (Fsp3) is 0.650. The molecule has 0 bridgehead atoms. The van der Waals surface area contributed by atoms with Crippen molar-refractivity contribution in [2.45, 2.75) is 76.8 Å². The van der Waals surface area contributed by atoms with Crippen molar-refractivity contribution in [1.29, 1.82) is 0 Å². The van der Waals surface area contributed by atoms with E-state index in [4.69, 9.17) is 24.7 Å². The lowest BCUT2D eigenvalue weighted by molar-refractivity contribution is -0.196. The number of nitrogen functional groups attached to an aromatic ring is 1. The predicted molar refractivity (Wildman–Crippen MR) is 102 cm³/mol. The van der Waals surface area contributed by atoms with Crippen molar-refractivity contribution in [3.63, 3.8) is 0 Å². The molecule has 0 aromatic carbocycles. The lowest BCUT2D eigenvalue weighted by Crippen LogP contribution is -2.45. The van der Waals surface area contributed by atoms with E-state index in [-0.39, 0.29) is 5.97 Å². The minimum atomic E-state index is -0.865. The molecule has 2 saturated heterocycles. The third-order valence-electron chi connectivity index (χ3n) is 6.00. The number of fused-ring (bicyclic) bond motifs is 1. The normalized spacial score (nSPS) is 37.4. The molecule has 9 nitrogen and oxygen atoms in total. The van der Waals surface area contributed by atoms with E-state index in [2.05, 4.69) is 10.1 Å². The molecule has 1 spiro atoms. The van der Waals surface area contributed by atoms with Gasteiger partial charge in [0.15, 0.2) is 23.3 Å². The van der Waals surface area contributed by atoms with Crippen molar-refractivity contribution in [3.8, 4) is 0 Å². The fourth-order valence-corrected chi connectivity index (χ4v) is 4.61. The largest absolute Gasteiger partial charge is 0.456 e. The van der Waals surface area contributed by atoms with Gasteiger partial charge in [0.25, 0.3) is 0 Å². The van der Waals surface area contributed by atoms with Crippen LogP contribution in [0.5, 0.6) is 0 Å². The van der Waals surface area contributed by atoms with E-state index < -0.39 is 40.7 Å². The van der Waals surface area contributed by atoms with E-state index in [0.717, 1.165) is 5.69 Å². The van der Waals surface area contributed by atoms with Crippen molar-refractivity contribution in [2.24, 2.45) is 5.41 Å². The van der Waals surface area contributed by atoms with Crippen LogP contribution in [0.1, 0.15) is 47.2 Å². The number of esters is 1. The van der Waals surface area contributed by atoms with Crippen molar-refractivity contribution in [3.05, 3.63) is 24.2 Å². The molecule has 3 aliphatic rings. The SMILES string of the molecule is CC1(C)O[C@@H]2[C@@]3(O1)C(OC(=O)C(C)(C)C)[C@H]3O[C@@]2(C)c1ccc2c(N)ncnn12. The van der Waals surface area contributed by atoms with Gasteiger partial charge in [0.1, 0.15) is 29.7 Å². The first kappa shape index (κ1) is 18.8. The second-order valence-corrected chi connectivity index (χ2v) is 9.74. The minimum absolute atomic E-state index is 0.294. The lowest BCUT2D eigenvalue weighted by Gasteiger charge is -2.33. The molecule has 2 N–H and O–H groups in total. The first-order valence-corrected chi connectivity index (χ1v) is 9.76. The zero-order chi connectivity index (χ0) is 21.0. The maximum absolute atomic E-state index is 12.5. The molecule has 1 unspecified atom stereocenters. The first-order valence-electron chi connectivity index (χ1n) is 9.76. The maximum atomic E-state index is 12.5. The van der Waals surface area contributed by atoms with E-state index in [1.54, 1.807) is 4.52 Å². The first-order chi connectivity index (χ1) is 13.4. The third kappa shape index (κ3) is 2.35. The Morgan fingerprint density at radius 3 is 2.66 bits per heavy atom. The Bertz CT molecular complexity index is 1030. The van der Waals surface area contributed by atoms with E-state index in [9.17, 15) is 4.79 Å². The quantitative estimate of drug-likeness (QED) is 0.757. The van der Waals surface area contributed by atoms with Gasteiger partial charge in [-0.05, 0) is 53.7 Å². The van der Waals surface area contributed by atoms with Gasteiger partial charge >= 0.3 is 5.97 Å². The van der Waals surface area contributed by atoms with Crippen molar-refractivity contribution in [1.82, 2.24) is 14.6 Å². The fourth-order valence-electron chi connectivity index (χ4n) is 4.61. The second kappa shape index (κ2) is 5.27. The predicted octanol–water partition coefficient (Wildman–Crippen LogP) is 1.79. The Kier molecular flexibility index (Phi) is 3.41. The lowest BCUT2D eigenvalue weighted by atomic mass is 9.91. The number of carbonyl (C=O) groups is 1. The van der Waals surface area contributed by atoms with Crippen molar-refractivity contribution >= 4 is 17.3 Å². The number of aromatic nitrogens is 3. The molecule has 29 heavy (non-hydrogen) atoms. The number of rotatable bonds is 2. The molecule has 4 heterocycles. The molecule has 1 saturated carbocycles. The summed E-state index contributed by atoms with van der Waals surface area (Å²) in [6.07, 6.45) is -0.0119. The van der Waals surface area contributed by atoms with Crippen LogP contribution in [0.2, 0.25) is 0 Å². The maximum Gasteiger partial charge on any atom is 0.311 e. The van der Waals surface area contributed by atoms with Gasteiger partial charge in [0, 0.05) is 0 Å². The smallest absolute Gasteiger partial charge is 0.311 e. The van der Waals surface area contributed by atoms with Gasteiger partial charge in [-0.1, -0.05) is 0 Å². The van der Waals surface area contributed by atoms with E-state index in [1.165, 1.54) is 6.33 Å². The number of ether oxygens (including phenoxy) is 4. The van der Waals surface area contributed by atoms with E-state index in [1.807, 2.05) is 53.7 Å². The van der Waals surface area contributed by atoms with Gasteiger partial charge in [-0.15, -0.1) is 0 Å². The Balaban J connectivity index is 1.54. The zero-order valence-electron chi connectivity index (χ0n) is 17.4. The van der Waals surface area contributed by atoms with Crippen LogP contribution in [0, 0.1) is 5.41 Å². The second-order valence-electron chi connectivity index (χ2n) is 9.74. The Morgan fingerprint density at radius 2 is 1.97 bits per heavy atom. The molecule has 9 heteroatoms. The van der Waals surface area contributed by atoms with Crippen LogP contribution in [0.3, 0.4) is 0 Å². The number of nitrogens with zero attached hydrogens (tertiary/aromatic N) is 3. The average molecular weight is 402 g/mol. The molecule has 156 valence electrons. The molecule has 2 aromatic rings. The molecule has 2 aliphatic heterocycles. The Hall–Kier alpha value is -2.23. The van der Waals surface area contributed by atoms with Gasteiger partial charge < -0.3 is 24.7 Å². The average Bonchev–Trinajstić information content (AvgIpc) is 2.97. The van der Waals surface area contributed by atoms with Gasteiger partial charge in [-0.2, -0.15) is 5.10 Å². The molecule has 2 aromatic heterocycles. The molecule has 5 rings (SSSR count). The summed E-state index contributed by atoms with van der Waals surface area (Å²) in [4.78, 5) is 16.5. The van der Waals surface area contributed by atoms with Crippen LogP contribution in [0.15, 0.2) is 18.5 Å². The molecule has 3 fully saturated rings. The highest BCUT2D eigenvalue weighted by molar-refractivity contribution is 5.76. The van der Waals surface area contributed by atoms with Crippen LogP contribution in [-0.2, 0) is 29.3 Å². The van der Waals surface area contributed by atoms with Crippen LogP contribution >= 0.6 is 0 Å². The van der Waals surface area contributed by atoms with Crippen LogP contribution in [0.4, 0.5) is 5.82 Å². The monoisotopic (exact) mass is 402 g/mol. The summed E-state index contributed by atoms with van der Waals surface area (Å²) in [6, 6.07) is 3.76. The topological polar surface area (TPSA) is 110 Å². The highest BCUT2D eigenvalue weighted by Gasteiger charge is 2.88. The number of hydrogen-bond donors (Lipinski definition) is 1. The number of nitrogens with two attached hydrogens (primary N) is 1. The van der Waals surface area contributed by atoms with E-state index in [0.29, 0.717) is 11.3 Å².